The Morgan fingerprint density at radius 2 is 1.53 bits per heavy atom. The Morgan fingerprint density at radius 1 is 0.848 bits per heavy atom. The van der Waals surface area contributed by atoms with Gasteiger partial charge in [0.25, 0.3) is 11.8 Å². The van der Waals surface area contributed by atoms with Gasteiger partial charge in [-0.2, -0.15) is 0 Å². The third-order valence-electron chi connectivity index (χ3n) is 11.4. The number of aliphatic hydroxyl groups is 1. The molecule has 0 aliphatic carbocycles. The maximum absolute atomic E-state index is 13.3. The fourth-order valence-corrected chi connectivity index (χ4v) is 7.82. The van der Waals surface area contributed by atoms with E-state index in [-0.39, 0.29) is 61.1 Å². The SMILES string of the molecule is Cc1cc(OC2CC(O)CC(C(=O)O)O2)c(OCCCC(=O)Nc2cc(C(=O)Nc3ccc(-c4cc(C(=O)Nc5ccc(N)cc5)n(C)c4)cc3)n(C)c2)cc1N=CC1CCCCN1C=O. The number of carboxylic acids is 1. The second kappa shape index (κ2) is 21.0. The van der Waals surface area contributed by atoms with E-state index in [1.807, 2.05) is 25.3 Å². The molecule has 66 heavy (non-hydrogen) atoms. The molecule has 4 atom stereocenters. The molecule has 7 N–H and O–H groups in total. The summed E-state index contributed by atoms with van der Waals surface area (Å²) in [6.45, 7) is 2.58. The molecule has 18 heteroatoms. The molecule has 3 aromatic carbocycles. The van der Waals surface area contributed by atoms with Crippen molar-refractivity contribution in [1.29, 1.82) is 0 Å². The van der Waals surface area contributed by atoms with Gasteiger partial charge in [-0.3, -0.25) is 24.2 Å². The second-order valence-corrected chi connectivity index (χ2v) is 16.5. The van der Waals surface area contributed by atoms with E-state index in [1.165, 1.54) is 0 Å². The molecule has 0 bridgehead atoms. The van der Waals surface area contributed by atoms with Gasteiger partial charge in [0.05, 0.1) is 30.1 Å². The van der Waals surface area contributed by atoms with Crippen molar-refractivity contribution in [3.05, 3.63) is 102 Å². The fraction of sp³-hybridized carbons (Fsp3) is 0.333. The zero-order chi connectivity index (χ0) is 46.9. The number of piperidine rings is 1. The predicted molar refractivity (Wildman–Crippen MR) is 248 cm³/mol. The molecule has 0 saturated carbocycles. The first kappa shape index (κ1) is 46.5. The predicted octanol–water partition coefficient (Wildman–Crippen LogP) is 6.27. The summed E-state index contributed by atoms with van der Waals surface area (Å²) >= 11 is 0. The van der Waals surface area contributed by atoms with Crippen LogP contribution in [0.5, 0.6) is 11.5 Å². The summed E-state index contributed by atoms with van der Waals surface area (Å²) in [5.74, 6) is -1.63. The molecule has 346 valence electrons. The molecule has 5 aromatic rings. The van der Waals surface area contributed by atoms with Crippen LogP contribution in [-0.2, 0) is 33.2 Å². The highest BCUT2D eigenvalue weighted by molar-refractivity contribution is 6.05. The van der Waals surface area contributed by atoms with Crippen molar-refractivity contribution in [2.24, 2.45) is 19.1 Å². The number of aromatic nitrogens is 2. The summed E-state index contributed by atoms with van der Waals surface area (Å²) in [6, 6.07) is 20.7. The van der Waals surface area contributed by atoms with Crippen molar-refractivity contribution >= 4 is 64.8 Å². The van der Waals surface area contributed by atoms with E-state index in [4.69, 9.17) is 19.9 Å². The first-order valence-electron chi connectivity index (χ1n) is 21.7. The summed E-state index contributed by atoms with van der Waals surface area (Å²) < 4.78 is 21.2. The number of nitrogens with one attached hydrogen (secondary N) is 3. The topological polar surface area (TPSA) is 241 Å². The smallest absolute Gasteiger partial charge is 0.333 e. The van der Waals surface area contributed by atoms with E-state index < -0.39 is 24.5 Å². The number of nitrogens with zero attached hydrogens (tertiary/aromatic N) is 4. The second-order valence-electron chi connectivity index (χ2n) is 16.5. The van der Waals surface area contributed by atoms with Gasteiger partial charge >= 0.3 is 5.97 Å². The van der Waals surface area contributed by atoms with Gasteiger partial charge in [-0.1, -0.05) is 12.1 Å². The van der Waals surface area contributed by atoms with Crippen LogP contribution >= 0.6 is 0 Å². The minimum absolute atomic E-state index is 0.0498. The largest absolute Gasteiger partial charge is 0.490 e. The summed E-state index contributed by atoms with van der Waals surface area (Å²) in [5.41, 5.74) is 11.7. The first-order valence-corrected chi connectivity index (χ1v) is 21.7. The normalized spacial score (nSPS) is 18.4. The van der Waals surface area contributed by atoms with E-state index in [1.54, 1.807) is 101 Å². The number of aliphatic imine (C=N–C) groups is 1. The Kier molecular flexibility index (Phi) is 14.8. The molecule has 18 nitrogen and oxygen atoms in total. The van der Waals surface area contributed by atoms with Crippen molar-refractivity contribution in [2.75, 3.05) is 34.8 Å². The van der Waals surface area contributed by atoms with Crippen LogP contribution in [0.2, 0.25) is 0 Å². The van der Waals surface area contributed by atoms with E-state index >= 15 is 0 Å². The molecule has 4 unspecified atom stereocenters. The average Bonchev–Trinajstić information content (AvgIpc) is 3.87. The number of nitrogens with two attached hydrogens (primary N) is 1. The lowest BCUT2D eigenvalue weighted by atomic mass is 10.0. The van der Waals surface area contributed by atoms with E-state index in [9.17, 15) is 34.2 Å². The van der Waals surface area contributed by atoms with Gasteiger partial charge in [-0.15, -0.1) is 0 Å². The van der Waals surface area contributed by atoms with Crippen molar-refractivity contribution in [3.63, 3.8) is 0 Å². The van der Waals surface area contributed by atoms with Crippen LogP contribution in [0.4, 0.5) is 28.4 Å². The molecule has 2 aliphatic rings. The van der Waals surface area contributed by atoms with Gasteiger partial charge in [0.1, 0.15) is 11.4 Å². The van der Waals surface area contributed by atoms with Gasteiger partial charge in [-0.05, 0) is 98.3 Å². The third kappa shape index (κ3) is 11.8. The number of hydrogen-bond acceptors (Lipinski definition) is 11. The number of nitrogen functional groups attached to an aromatic ring is 1. The number of aliphatic hydroxyl groups excluding tert-OH is 1. The molecule has 4 heterocycles. The van der Waals surface area contributed by atoms with Crippen molar-refractivity contribution in [2.45, 2.75) is 76.4 Å². The highest BCUT2D eigenvalue weighted by Crippen LogP contribution is 2.37. The number of hydrogen-bond donors (Lipinski definition) is 6. The maximum atomic E-state index is 13.3. The van der Waals surface area contributed by atoms with Crippen LogP contribution in [0.15, 0.2) is 90.2 Å². The van der Waals surface area contributed by atoms with Crippen molar-refractivity contribution in [1.82, 2.24) is 14.0 Å². The fourth-order valence-electron chi connectivity index (χ4n) is 7.82. The highest BCUT2D eigenvalue weighted by Gasteiger charge is 2.34. The van der Waals surface area contributed by atoms with Gasteiger partial charge in [0.15, 0.2) is 17.6 Å². The molecule has 2 aliphatic heterocycles. The van der Waals surface area contributed by atoms with Crippen molar-refractivity contribution < 1.29 is 48.4 Å². The van der Waals surface area contributed by atoms with Crippen LogP contribution in [0.1, 0.15) is 71.5 Å². The summed E-state index contributed by atoms with van der Waals surface area (Å²) in [6.07, 6.45) is 5.90. The number of benzene rings is 3. The molecule has 2 saturated heterocycles. The maximum Gasteiger partial charge on any atom is 0.333 e. The Bertz CT molecular complexity index is 2590. The number of anilines is 4. The zero-order valence-corrected chi connectivity index (χ0v) is 36.9. The summed E-state index contributed by atoms with van der Waals surface area (Å²) in [4.78, 5) is 69.1. The van der Waals surface area contributed by atoms with E-state index in [0.717, 1.165) is 42.4 Å². The molecule has 0 radical (unpaired) electrons. The number of aliphatic carboxylic acids is 1. The van der Waals surface area contributed by atoms with Crippen LogP contribution in [0.3, 0.4) is 0 Å². The van der Waals surface area contributed by atoms with Gasteiger partial charge < -0.3 is 60.1 Å². The molecule has 7 rings (SSSR count). The Hall–Kier alpha value is -7.44. The number of amides is 4. The molecular formula is C48H54N8O10. The first-order chi connectivity index (χ1) is 31.7. The molecule has 2 fully saturated rings. The minimum atomic E-state index is -1.24. The molecule has 2 aromatic heterocycles. The van der Waals surface area contributed by atoms with Crippen LogP contribution in [0.25, 0.3) is 11.1 Å². The number of carbonyl (C=O) groups is 5. The number of carboxylic acid groups (broad SMARTS) is 1. The lowest BCUT2D eigenvalue weighted by Gasteiger charge is -2.31. The summed E-state index contributed by atoms with van der Waals surface area (Å²) in [7, 11) is 3.49. The lowest BCUT2D eigenvalue weighted by Crippen LogP contribution is -2.42. The van der Waals surface area contributed by atoms with Crippen LogP contribution in [-0.4, -0.2) is 98.3 Å². The Balaban J connectivity index is 0.934. The highest BCUT2D eigenvalue weighted by atomic mass is 16.7. The molecule has 0 spiro atoms. The number of likely N-dealkylation sites (tertiary alicyclic amines) is 1. The van der Waals surface area contributed by atoms with E-state index in [2.05, 4.69) is 20.9 Å². The lowest BCUT2D eigenvalue weighted by molar-refractivity contribution is -0.195. The van der Waals surface area contributed by atoms with Crippen LogP contribution in [0, 0.1) is 6.92 Å². The average molecular weight is 903 g/mol. The van der Waals surface area contributed by atoms with Gasteiger partial charge in [-0.25, -0.2) is 4.79 Å². The standard InChI is InChI=1S/C48H54N8O10/c1-29-19-42(65-45-23-37(58)22-43(66-45)48(62)63)41(24-38(29)50-25-36-7-4-5-17-56(36)28-57)64-18-6-8-44(59)51-35-21-40(55(3)27-35)47(61)52-33-13-9-30(10-14-33)31-20-39(54(2)26-31)46(60)53-34-15-11-32(49)12-16-34/h9-16,19-21,24-28,36-37,43,45,58H,4-8,17-18,22-23,49H2,1-3H3,(H,51,59)(H,52,61)(H,53,60)(H,62,63). The van der Waals surface area contributed by atoms with Crippen LogP contribution < -0.4 is 31.2 Å². The van der Waals surface area contributed by atoms with Gasteiger partial charge in [0, 0.05) is 87.2 Å². The quantitative estimate of drug-likeness (QED) is 0.0263. The summed E-state index contributed by atoms with van der Waals surface area (Å²) in [5, 5.41) is 28.5. The third-order valence-corrected chi connectivity index (χ3v) is 11.4. The van der Waals surface area contributed by atoms with Gasteiger partial charge in [0.2, 0.25) is 18.6 Å². The number of ether oxygens (including phenoxy) is 3. The molecule has 4 amide bonds. The molecular weight excluding hydrogens is 849 g/mol. The Morgan fingerprint density at radius 3 is 2.23 bits per heavy atom. The number of carbonyl (C=O) groups excluding carboxylic acids is 4. The van der Waals surface area contributed by atoms with Crippen molar-refractivity contribution in [3.8, 4) is 22.6 Å². The number of rotatable bonds is 17. The number of aryl methyl sites for hydroxylation is 3. The zero-order valence-electron chi connectivity index (χ0n) is 36.9. The van der Waals surface area contributed by atoms with E-state index in [0.29, 0.717) is 52.8 Å². The minimum Gasteiger partial charge on any atom is -0.490 e. The monoisotopic (exact) mass is 902 g/mol. The Labute approximate surface area is 381 Å².